The first-order valence-electron chi connectivity index (χ1n) is 13.3. The molecule has 39 heavy (non-hydrogen) atoms. The number of benzene rings is 1. The molecule has 1 aromatic carbocycles. The van der Waals surface area contributed by atoms with Crippen molar-refractivity contribution in [3.05, 3.63) is 29.8 Å². The molecule has 0 saturated heterocycles. The van der Waals surface area contributed by atoms with Crippen LogP contribution in [0, 0.1) is 0 Å². The summed E-state index contributed by atoms with van der Waals surface area (Å²) in [5.74, 6) is -0.683. The van der Waals surface area contributed by atoms with E-state index < -0.39 is 6.04 Å². The number of carbonyl (C=O) groups excluding carboxylic acids is 4. The molecule has 1 rings (SSSR count). The zero-order chi connectivity index (χ0) is 30.6. The lowest BCUT2D eigenvalue weighted by molar-refractivity contribution is -0.125. The number of hydrogen-bond acceptors (Lipinski definition) is 8. The Morgan fingerprint density at radius 2 is 1.59 bits per heavy atom. The number of anilines is 1. The van der Waals surface area contributed by atoms with Crippen LogP contribution in [0.2, 0.25) is 0 Å². The minimum Gasteiger partial charge on any atom is -0.445 e. The van der Waals surface area contributed by atoms with E-state index in [0.717, 1.165) is 25.1 Å². The number of nitrogens with two attached hydrogens (primary N) is 2. The number of amides is 4. The van der Waals surface area contributed by atoms with Gasteiger partial charge in [0.1, 0.15) is 12.6 Å². The summed E-state index contributed by atoms with van der Waals surface area (Å²) in [6.45, 7) is 10.3. The van der Waals surface area contributed by atoms with Crippen LogP contribution in [0.25, 0.3) is 0 Å². The first kappa shape index (κ1) is 40.3. The van der Waals surface area contributed by atoms with Crippen LogP contribution in [0.4, 0.5) is 10.5 Å². The molecule has 0 bridgehead atoms. The second-order valence-corrected chi connectivity index (χ2v) is 8.38. The van der Waals surface area contributed by atoms with Crippen molar-refractivity contribution < 1.29 is 23.9 Å². The maximum Gasteiger partial charge on any atom is 0.409 e. The van der Waals surface area contributed by atoms with Gasteiger partial charge in [0.25, 0.3) is 0 Å². The molecule has 12 nitrogen and oxygen atoms in total. The standard InChI is InChI=1S/C21H36N6O4.C3H8.C2H6.CH3NO/c1-23-11-5-6-18(25-19(28)14-22)20(29)24-17-9-7-16(8-10-17)15-31-21(30)27(4)13-12-26(2)3;1-3-2;1-2;2-1-3/h7-10,18,23H,5-6,11-15,22H2,1-4H3,(H,24,29)(H,25,28);3H2,1-2H3;1-2H3;1H,(H2,2,3). The molecule has 0 aromatic heterocycles. The summed E-state index contributed by atoms with van der Waals surface area (Å²) in [5.41, 5.74) is 10.9. The Morgan fingerprint density at radius 3 is 2.05 bits per heavy atom. The number of likely N-dealkylation sites (N-methyl/N-ethyl adjacent to an activating group) is 2. The Morgan fingerprint density at radius 1 is 1.05 bits per heavy atom. The van der Waals surface area contributed by atoms with Crippen LogP contribution in [0.3, 0.4) is 0 Å². The largest absolute Gasteiger partial charge is 0.445 e. The van der Waals surface area contributed by atoms with Crippen LogP contribution in [0.1, 0.15) is 52.5 Å². The summed E-state index contributed by atoms with van der Waals surface area (Å²) in [7, 11) is 7.40. The van der Waals surface area contributed by atoms with Crippen LogP contribution in [0.15, 0.2) is 24.3 Å². The van der Waals surface area contributed by atoms with Gasteiger partial charge in [0, 0.05) is 25.8 Å². The topological polar surface area (TPSA) is 172 Å². The summed E-state index contributed by atoms with van der Waals surface area (Å²) >= 11 is 0. The highest BCUT2D eigenvalue weighted by molar-refractivity contribution is 5.97. The van der Waals surface area contributed by atoms with Gasteiger partial charge in [0.2, 0.25) is 18.2 Å². The molecule has 226 valence electrons. The van der Waals surface area contributed by atoms with Crippen LogP contribution >= 0.6 is 0 Å². The lowest BCUT2D eigenvalue weighted by Crippen LogP contribution is -2.46. The lowest BCUT2D eigenvalue weighted by Gasteiger charge is -2.19. The fraction of sp³-hybridized carbons (Fsp3) is 0.630. The number of primary amides is 1. The first-order chi connectivity index (χ1) is 18.6. The molecular weight excluding hydrogens is 502 g/mol. The third-order valence-electron chi connectivity index (χ3n) is 4.53. The van der Waals surface area contributed by atoms with Crippen molar-refractivity contribution in [3.8, 4) is 0 Å². The molecule has 7 N–H and O–H groups in total. The van der Waals surface area contributed by atoms with E-state index >= 15 is 0 Å². The van der Waals surface area contributed by atoms with E-state index in [0.29, 0.717) is 18.7 Å². The van der Waals surface area contributed by atoms with Gasteiger partial charge in [-0.15, -0.1) is 0 Å². The molecule has 1 atom stereocenters. The Balaban J connectivity index is -0.00000144. The van der Waals surface area contributed by atoms with Gasteiger partial charge >= 0.3 is 6.09 Å². The number of ether oxygens (including phenoxy) is 1. The maximum absolute atomic E-state index is 12.6. The van der Waals surface area contributed by atoms with Crippen molar-refractivity contribution in [2.75, 3.05) is 59.7 Å². The Bertz CT molecular complexity index is 761. The van der Waals surface area contributed by atoms with Crippen molar-refractivity contribution >= 4 is 30.0 Å². The quantitative estimate of drug-likeness (QED) is 0.181. The van der Waals surface area contributed by atoms with Gasteiger partial charge in [-0.25, -0.2) is 4.79 Å². The molecule has 1 aromatic rings. The second-order valence-electron chi connectivity index (χ2n) is 8.38. The molecule has 12 heteroatoms. The van der Waals surface area contributed by atoms with Crippen LogP contribution < -0.4 is 27.4 Å². The summed E-state index contributed by atoms with van der Waals surface area (Å²) in [4.78, 5) is 48.3. The van der Waals surface area contributed by atoms with E-state index in [9.17, 15) is 14.4 Å². The molecule has 0 aliphatic carbocycles. The van der Waals surface area contributed by atoms with E-state index in [2.05, 4.69) is 35.5 Å². The van der Waals surface area contributed by atoms with Gasteiger partial charge in [-0.05, 0) is 58.2 Å². The SMILES string of the molecule is CC.CCC.CNCCCC(NC(=O)CN)C(=O)Nc1ccc(COC(=O)N(C)CCN(C)C)cc1.NC=O. The number of nitrogens with one attached hydrogen (secondary N) is 3. The molecule has 0 fully saturated rings. The fourth-order valence-electron chi connectivity index (χ4n) is 2.62. The summed E-state index contributed by atoms with van der Waals surface area (Å²) in [6.07, 6.45) is 2.33. The van der Waals surface area contributed by atoms with Crippen molar-refractivity contribution in [2.45, 2.75) is 59.6 Å². The molecule has 0 saturated carbocycles. The number of carbonyl (C=O) groups is 4. The maximum atomic E-state index is 12.6. The predicted octanol–water partition coefficient (Wildman–Crippen LogP) is 1.74. The average Bonchev–Trinajstić information content (AvgIpc) is 2.92. The van der Waals surface area contributed by atoms with Gasteiger partial charge in [-0.3, -0.25) is 14.4 Å². The van der Waals surface area contributed by atoms with Crippen molar-refractivity contribution in [3.63, 3.8) is 0 Å². The summed E-state index contributed by atoms with van der Waals surface area (Å²) in [5, 5.41) is 8.46. The van der Waals surface area contributed by atoms with Gasteiger partial charge in [-0.1, -0.05) is 46.2 Å². The molecule has 0 heterocycles. The minimum atomic E-state index is -0.664. The highest BCUT2D eigenvalue weighted by atomic mass is 16.6. The Kier molecular flexibility index (Phi) is 28.7. The zero-order valence-electron chi connectivity index (χ0n) is 25.2. The third kappa shape index (κ3) is 23.6. The normalized spacial score (nSPS) is 10.2. The molecule has 0 spiro atoms. The molecule has 0 aliphatic rings. The number of hydrogen-bond donors (Lipinski definition) is 5. The highest BCUT2D eigenvalue weighted by Crippen LogP contribution is 2.12. The first-order valence-corrected chi connectivity index (χ1v) is 13.3. The minimum absolute atomic E-state index is 0.137. The molecular formula is C27H53N7O5. The van der Waals surface area contributed by atoms with Crippen LogP contribution in [-0.4, -0.2) is 94.5 Å². The molecule has 0 radical (unpaired) electrons. The number of nitrogens with zero attached hydrogens (tertiary/aromatic N) is 2. The number of rotatable bonds is 13. The lowest BCUT2D eigenvalue weighted by atomic mass is 10.1. The molecule has 4 amide bonds. The summed E-state index contributed by atoms with van der Waals surface area (Å²) in [6, 6.07) is 6.34. The van der Waals surface area contributed by atoms with Crippen molar-refractivity contribution in [1.29, 1.82) is 0 Å². The van der Waals surface area contributed by atoms with Crippen molar-refractivity contribution in [2.24, 2.45) is 11.5 Å². The average molecular weight is 556 g/mol. The molecule has 1 unspecified atom stereocenters. The van der Waals surface area contributed by atoms with Crippen LogP contribution in [-0.2, 0) is 25.7 Å². The second kappa shape index (κ2) is 27.8. The fourth-order valence-corrected chi connectivity index (χ4v) is 2.62. The van der Waals surface area contributed by atoms with E-state index in [1.165, 1.54) is 11.3 Å². The van der Waals surface area contributed by atoms with E-state index in [-0.39, 0.29) is 37.5 Å². The third-order valence-corrected chi connectivity index (χ3v) is 4.53. The van der Waals surface area contributed by atoms with Crippen LogP contribution in [0.5, 0.6) is 0 Å². The highest BCUT2D eigenvalue weighted by Gasteiger charge is 2.20. The Hall–Kier alpha value is -3.22. The van der Waals surface area contributed by atoms with Gasteiger partial charge in [0.05, 0.1) is 6.54 Å². The monoisotopic (exact) mass is 555 g/mol. The molecule has 0 aliphatic heterocycles. The van der Waals surface area contributed by atoms with E-state index in [1.54, 1.807) is 31.3 Å². The summed E-state index contributed by atoms with van der Waals surface area (Å²) < 4.78 is 5.31. The smallest absolute Gasteiger partial charge is 0.409 e. The van der Waals surface area contributed by atoms with E-state index in [1.807, 2.05) is 39.9 Å². The Labute approximate surface area is 235 Å². The van der Waals surface area contributed by atoms with E-state index in [4.69, 9.17) is 15.3 Å². The predicted molar refractivity (Wildman–Crippen MR) is 158 cm³/mol. The van der Waals surface area contributed by atoms with Crippen molar-refractivity contribution in [1.82, 2.24) is 20.4 Å². The zero-order valence-corrected chi connectivity index (χ0v) is 25.2. The van der Waals surface area contributed by atoms with Gasteiger partial charge < -0.3 is 42.0 Å². The van der Waals surface area contributed by atoms with Gasteiger partial charge in [-0.2, -0.15) is 0 Å². The van der Waals surface area contributed by atoms with Gasteiger partial charge in [0.15, 0.2) is 0 Å².